The van der Waals surface area contributed by atoms with E-state index < -0.39 is 0 Å². The minimum absolute atomic E-state index is 0. The van der Waals surface area contributed by atoms with Crippen molar-refractivity contribution in [1.82, 2.24) is 15.6 Å². The van der Waals surface area contributed by atoms with Crippen molar-refractivity contribution >= 4 is 29.9 Å². The number of aromatic nitrogens is 1. The minimum Gasteiger partial charge on any atom is -0.439 e. The summed E-state index contributed by atoms with van der Waals surface area (Å²) in [5.41, 5.74) is 1.00. The molecule has 1 aromatic carbocycles. The molecule has 2 rings (SSSR count). The highest BCUT2D eigenvalue weighted by Gasteiger charge is 2.02. The summed E-state index contributed by atoms with van der Waals surface area (Å²) in [6.45, 7) is 3.70. The van der Waals surface area contributed by atoms with E-state index in [0.29, 0.717) is 18.2 Å². The zero-order valence-electron chi connectivity index (χ0n) is 15.2. The fourth-order valence-corrected chi connectivity index (χ4v) is 2.22. The number of nitrogens with one attached hydrogen (secondary N) is 2. The van der Waals surface area contributed by atoms with Gasteiger partial charge in [0.05, 0.1) is 0 Å². The quantitative estimate of drug-likeness (QED) is 0.257. The van der Waals surface area contributed by atoms with Crippen LogP contribution >= 0.6 is 24.0 Å². The number of guanidine groups is 1. The van der Waals surface area contributed by atoms with Crippen LogP contribution in [0, 0.1) is 5.82 Å². The molecule has 2 aromatic rings. The number of unbranched alkanes of at least 4 members (excludes halogenated alkanes) is 2. The van der Waals surface area contributed by atoms with E-state index in [0.717, 1.165) is 24.5 Å². The highest BCUT2D eigenvalue weighted by molar-refractivity contribution is 14.0. The summed E-state index contributed by atoms with van der Waals surface area (Å²) in [6.07, 6.45) is 5.26. The zero-order chi connectivity index (χ0) is 17.9. The third-order valence-corrected chi connectivity index (χ3v) is 3.57. The lowest BCUT2D eigenvalue weighted by molar-refractivity contribution is 0.457. The summed E-state index contributed by atoms with van der Waals surface area (Å²) in [4.78, 5) is 8.45. The first-order chi connectivity index (χ1) is 12.2. The topological polar surface area (TPSA) is 58.5 Å². The van der Waals surface area contributed by atoms with E-state index >= 15 is 0 Å². The van der Waals surface area contributed by atoms with Crippen LogP contribution in [0.2, 0.25) is 0 Å². The first-order valence-corrected chi connectivity index (χ1v) is 8.54. The molecule has 0 saturated carbocycles. The molecular formula is C19H26FIN4O. The Morgan fingerprint density at radius 1 is 1.19 bits per heavy atom. The van der Waals surface area contributed by atoms with Crippen LogP contribution in [-0.4, -0.2) is 24.5 Å². The molecule has 0 unspecified atom stereocenters. The van der Waals surface area contributed by atoms with Gasteiger partial charge in [-0.05, 0) is 24.1 Å². The van der Waals surface area contributed by atoms with Crippen molar-refractivity contribution in [3.63, 3.8) is 0 Å². The summed E-state index contributed by atoms with van der Waals surface area (Å²) in [7, 11) is 1.75. The standard InChI is InChI=1S/C19H25FN4O.HI/c1-3-4-5-11-22-19(21-2)24-14-15-9-10-18(23-13-15)25-17-8-6-7-16(20)12-17;/h6-10,12-13H,3-5,11,14H2,1-2H3,(H2,21,22,24);1H. The maximum atomic E-state index is 13.1. The third-order valence-electron chi connectivity index (χ3n) is 3.57. The Hall–Kier alpha value is -1.90. The summed E-state index contributed by atoms with van der Waals surface area (Å²) in [5.74, 6) is 1.29. The van der Waals surface area contributed by atoms with Gasteiger partial charge in [-0.15, -0.1) is 24.0 Å². The van der Waals surface area contributed by atoms with Gasteiger partial charge in [0.1, 0.15) is 11.6 Å². The number of aliphatic imine (C=N–C) groups is 1. The van der Waals surface area contributed by atoms with Gasteiger partial charge in [0.15, 0.2) is 5.96 Å². The second kappa shape index (κ2) is 12.5. The third kappa shape index (κ3) is 7.99. The fourth-order valence-electron chi connectivity index (χ4n) is 2.22. The molecule has 7 heteroatoms. The van der Waals surface area contributed by atoms with E-state index in [1.807, 2.05) is 6.07 Å². The van der Waals surface area contributed by atoms with Crippen molar-refractivity contribution in [2.75, 3.05) is 13.6 Å². The van der Waals surface area contributed by atoms with Crippen molar-refractivity contribution in [2.45, 2.75) is 32.7 Å². The Labute approximate surface area is 171 Å². The maximum absolute atomic E-state index is 13.1. The average Bonchev–Trinajstić information content (AvgIpc) is 2.62. The van der Waals surface area contributed by atoms with Crippen molar-refractivity contribution < 1.29 is 9.13 Å². The number of hydrogen-bond donors (Lipinski definition) is 2. The van der Waals surface area contributed by atoms with Crippen LogP contribution in [0.5, 0.6) is 11.6 Å². The smallest absolute Gasteiger partial charge is 0.219 e. The molecule has 0 fully saturated rings. The second-order valence-electron chi connectivity index (χ2n) is 5.62. The van der Waals surface area contributed by atoms with Crippen LogP contribution in [0.15, 0.2) is 47.6 Å². The van der Waals surface area contributed by atoms with Crippen LogP contribution < -0.4 is 15.4 Å². The monoisotopic (exact) mass is 472 g/mol. The Bertz CT molecular complexity index is 679. The zero-order valence-corrected chi connectivity index (χ0v) is 17.5. The van der Waals surface area contributed by atoms with Crippen molar-refractivity contribution in [3.8, 4) is 11.6 Å². The molecule has 1 aromatic heterocycles. The molecule has 0 aliphatic rings. The van der Waals surface area contributed by atoms with Crippen molar-refractivity contribution in [1.29, 1.82) is 0 Å². The Kier molecular flexibility index (Phi) is 10.6. The molecule has 26 heavy (non-hydrogen) atoms. The SMILES string of the molecule is CCCCCNC(=NC)NCc1ccc(Oc2cccc(F)c2)nc1.I. The molecule has 0 aliphatic heterocycles. The molecule has 0 radical (unpaired) electrons. The van der Waals surface area contributed by atoms with Gasteiger partial charge in [0, 0.05) is 38.5 Å². The molecule has 5 nitrogen and oxygen atoms in total. The molecule has 0 amide bonds. The average molecular weight is 472 g/mol. The largest absolute Gasteiger partial charge is 0.439 e. The lowest BCUT2D eigenvalue weighted by Crippen LogP contribution is -2.37. The highest BCUT2D eigenvalue weighted by Crippen LogP contribution is 2.19. The number of benzene rings is 1. The molecule has 0 spiro atoms. The van der Waals surface area contributed by atoms with Crippen molar-refractivity contribution in [3.05, 3.63) is 54.0 Å². The van der Waals surface area contributed by atoms with E-state index in [1.54, 1.807) is 31.4 Å². The van der Waals surface area contributed by atoms with Gasteiger partial charge in [-0.2, -0.15) is 0 Å². The van der Waals surface area contributed by atoms with Crippen LogP contribution in [0.3, 0.4) is 0 Å². The maximum Gasteiger partial charge on any atom is 0.219 e. The summed E-state index contributed by atoms with van der Waals surface area (Å²) in [5, 5.41) is 6.53. The van der Waals surface area contributed by atoms with Crippen molar-refractivity contribution in [2.24, 2.45) is 4.99 Å². The predicted octanol–water partition coefficient (Wildman–Crippen LogP) is 4.49. The van der Waals surface area contributed by atoms with Crippen LogP contribution in [0.4, 0.5) is 4.39 Å². The van der Waals surface area contributed by atoms with Gasteiger partial charge in [-0.3, -0.25) is 4.99 Å². The molecular weight excluding hydrogens is 446 g/mol. The molecule has 0 atom stereocenters. The highest BCUT2D eigenvalue weighted by atomic mass is 127. The van der Waals surface area contributed by atoms with Crippen LogP contribution in [0.25, 0.3) is 0 Å². The number of ether oxygens (including phenoxy) is 1. The fraction of sp³-hybridized carbons (Fsp3) is 0.368. The van der Waals surface area contributed by atoms with Gasteiger partial charge in [0.2, 0.25) is 5.88 Å². The first kappa shape index (κ1) is 22.1. The molecule has 1 heterocycles. The second-order valence-corrected chi connectivity index (χ2v) is 5.62. The summed E-state index contributed by atoms with van der Waals surface area (Å²) >= 11 is 0. The number of pyridine rings is 1. The molecule has 0 saturated heterocycles. The number of halogens is 2. The van der Waals surface area contributed by atoms with Gasteiger partial charge in [0.25, 0.3) is 0 Å². The number of nitrogens with zero attached hydrogens (tertiary/aromatic N) is 2. The predicted molar refractivity (Wildman–Crippen MR) is 114 cm³/mol. The van der Waals surface area contributed by atoms with E-state index in [1.165, 1.54) is 25.0 Å². The lowest BCUT2D eigenvalue weighted by Gasteiger charge is -2.12. The lowest BCUT2D eigenvalue weighted by atomic mass is 10.2. The number of rotatable bonds is 8. The molecule has 2 N–H and O–H groups in total. The van der Waals surface area contributed by atoms with E-state index in [9.17, 15) is 4.39 Å². The van der Waals surface area contributed by atoms with Crippen LogP contribution in [-0.2, 0) is 6.54 Å². The minimum atomic E-state index is -0.337. The van der Waals surface area contributed by atoms with Crippen LogP contribution in [0.1, 0.15) is 31.7 Å². The van der Waals surface area contributed by atoms with Gasteiger partial charge in [-0.25, -0.2) is 9.37 Å². The van der Waals surface area contributed by atoms with Gasteiger partial charge < -0.3 is 15.4 Å². The Balaban J connectivity index is 0.00000338. The van der Waals surface area contributed by atoms with E-state index in [4.69, 9.17) is 4.74 Å². The van der Waals surface area contributed by atoms with Gasteiger partial charge >= 0.3 is 0 Å². The Morgan fingerprint density at radius 3 is 2.69 bits per heavy atom. The van der Waals surface area contributed by atoms with E-state index in [-0.39, 0.29) is 29.8 Å². The normalized spacial score (nSPS) is 10.8. The molecule has 142 valence electrons. The molecule has 0 bridgehead atoms. The summed E-state index contributed by atoms with van der Waals surface area (Å²) in [6, 6.07) is 9.67. The van der Waals surface area contributed by atoms with Gasteiger partial charge in [-0.1, -0.05) is 31.9 Å². The van der Waals surface area contributed by atoms with E-state index in [2.05, 4.69) is 27.5 Å². The Morgan fingerprint density at radius 2 is 2.04 bits per heavy atom. The number of hydrogen-bond acceptors (Lipinski definition) is 3. The summed E-state index contributed by atoms with van der Waals surface area (Å²) < 4.78 is 18.7. The molecule has 0 aliphatic carbocycles. The first-order valence-electron chi connectivity index (χ1n) is 8.54.